The Morgan fingerprint density at radius 2 is 2.27 bits per heavy atom. The Morgan fingerprint density at radius 3 is 2.87 bits per heavy atom. The van der Waals surface area contributed by atoms with E-state index in [1.54, 1.807) is 12.1 Å². The van der Waals surface area contributed by atoms with E-state index in [1.165, 1.54) is 13.2 Å². The van der Waals surface area contributed by atoms with Crippen molar-refractivity contribution in [1.29, 1.82) is 0 Å². The molecule has 0 amide bonds. The van der Waals surface area contributed by atoms with Crippen LogP contribution >= 0.6 is 0 Å². The minimum Gasteiger partial charge on any atom is -0.493 e. The Hall–Kier alpha value is -1.58. The molecule has 82 valence electrons. The number of para-hydroxylation sites is 1. The highest BCUT2D eigenvalue weighted by Crippen LogP contribution is 2.23. The van der Waals surface area contributed by atoms with Crippen LogP contribution in [0.5, 0.6) is 5.75 Å². The van der Waals surface area contributed by atoms with Gasteiger partial charge in [-0.15, -0.1) is 0 Å². The summed E-state index contributed by atoms with van der Waals surface area (Å²) in [7, 11) is 1.40. The van der Waals surface area contributed by atoms with Crippen molar-refractivity contribution in [2.24, 2.45) is 0 Å². The van der Waals surface area contributed by atoms with Crippen LogP contribution in [0.15, 0.2) is 18.2 Å². The van der Waals surface area contributed by atoms with Crippen LogP contribution < -0.4 is 4.74 Å². The molecular formula is C11H13FO3. The number of aliphatic carboxylic acids is 1. The van der Waals surface area contributed by atoms with Crippen molar-refractivity contribution in [3.05, 3.63) is 29.6 Å². The monoisotopic (exact) mass is 212 g/mol. The summed E-state index contributed by atoms with van der Waals surface area (Å²) in [5.74, 6) is -1.04. The van der Waals surface area contributed by atoms with Crippen molar-refractivity contribution in [2.75, 3.05) is 7.11 Å². The topological polar surface area (TPSA) is 46.5 Å². The lowest BCUT2D eigenvalue weighted by molar-refractivity contribution is -0.137. The van der Waals surface area contributed by atoms with Gasteiger partial charge in [0.2, 0.25) is 0 Å². The third kappa shape index (κ3) is 3.23. The lowest BCUT2D eigenvalue weighted by Crippen LogP contribution is -1.99. The summed E-state index contributed by atoms with van der Waals surface area (Å²) in [5.41, 5.74) is 0.707. The molecule has 0 radical (unpaired) electrons. The lowest BCUT2D eigenvalue weighted by atomic mass is 10.1. The Morgan fingerprint density at radius 1 is 1.53 bits per heavy atom. The quantitative estimate of drug-likeness (QED) is 0.814. The summed E-state index contributed by atoms with van der Waals surface area (Å²) >= 11 is 0. The predicted octanol–water partition coefficient (Wildman–Crippen LogP) is 2.24. The van der Waals surface area contributed by atoms with Crippen LogP contribution in [-0.2, 0) is 11.2 Å². The molecule has 4 heteroatoms. The molecule has 1 rings (SSSR count). The van der Waals surface area contributed by atoms with E-state index in [9.17, 15) is 9.18 Å². The largest absolute Gasteiger partial charge is 0.493 e. The van der Waals surface area contributed by atoms with Crippen LogP contribution in [0.3, 0.4) is 0 Å². The molecule has 0 aliphatic carbocycles. The first-order valence-electron chi connectivity index (χ1n) is 4.68. The number of aryl methyl sites for hydroxylation is 1. The van der Waals surface area contributed by atoms with E-state index >= 15 is 0 Å². The fourth-order valence-electron chi connectivity index (χ4n) is 1.41. The maximum absolute atomic E-state index is 13.2. The van der Waals surface area contributed by atoms with Gasteiger partial charge >= 0.3 is 5.97 Å². The summed E-state index contributed by atoms with van der Waals surface area (Å²) in [6, 6.07) is 4.65. The number of carboxylic acids is 1. The molecule has 15 heavy (non-hydrogen) atoms. The Labute approximate surface area is 87.5 Å². The number of halogens is 1. The standard InChI is InChI=1S/C11H13FO3/c1-15-11-8(4-2-6-9(11)12)5-3-7-10(13)14/h2,4,6H,3,5,7H2,1H3,(H,13,14). The van der Waals surface area contributed by atoms with Gasteiger partial charge in [0.15, 0.2) is 11.6 Å². The first-order chi connectivity index (χ1) is 7.15. The number of carboxylic acid groups (broad SMARTS) is 1. The minimum atomic E-state index is -0.842. The number of methoxy groups -OCH3 is 1. The zero-order chi connectivity index (χ0) is 11.3. The lowest BCUT2D eigenvalue weighted by Gasteiger charge is -2.08. The molecule has 0 heterocycles. The summed E-state index contributed by atoms with van der Waals surface area (Å²) < 4.78 is 18.1. The molecule has 1 aromatic carbocycles. The number of hydrogen-bond donors (Lipinski definition) is 1. The first kappa shape index (κ1) is 11.5. The molecule has 1 aromatic rings. The third-order valence-corrected chi connectivity index (χ3v) is 2.09. The van der Waals surface area contributed by atoms with E-state index in [2.05, 4.69) is 0 Å². The number of ether oxygens (including phenoxy) is 1. The molecule has 0 saturated carbocycles. The second kappa shape index (κ2) is 5.34. The molecule has 3 nitrogen and oxygen atoms in total. The van der Waals surface area contributed by atoms with Crippen LogP contribution in [0.4, 0.5) is 4.39 Å². The fraction of sp³-hybridized carbons (Fsp3) is 0.364. The molecular weight excluding hydrogens is 199 g/mol. The highest BCUT2D eigenvalue weighted by molar-refractivity contribution is 5.66. The van der Waals surface area contributed by atoms with Crippen molar-refractivity contribution < 1.29 is 19.0 Å². The van der Waals surface area contributed by atoms with Crippen molar-refractivity contribution >= 4 is 5.97 Å². The molecule has 0 atom stereocenters. The van der Waals surface area contributed by atoms with Gasteiger partial charge in [0, 0.05) is 6.42 Å². The molecule has 0 aliphatic rings. The highest BCUT2D eigenvalue weighted by Gasteiger charge is 2.08. The summed E-state index contributed by atoms with van der Waals surface area (Å²) in [5, 5.41) is 8.47. The van der Waals surface area contributed by atoms with Gasteiger partial charge in [-0.3, -0.25) is 4.79 Å². The van der Waals surface area contributed by atoms with Gasteiger partial charge in [-0.25, -0.2) is 4.39 Å². The maximum atomic E-state index is 13.2. The van der Waals surface area contributed by atoms with Crippen LogP contribution in [0, 0.1) is 5.82 Å². The van der Waals surface area contributed by atoms with Crippen LogP contribution in [0.25, 0.3) is 0 Å². The molecule has 0 aliphatic heterocycles. The van der Waals surface area contributed by atoms with E-state index in [4.69, 9.17) is 9.84 Å². The Balaban J connectivity index is 2.67. The van der Waals surface area contributed by atoms with E-state index in [0.29, 0.717) is 18.4 Å². The number of carbonyl (C=O) groups is 1. The molecule has 0 spiro atoms. The van der Waals surface area contributed by atoms with Crippen molar-refractivity contribution in [3.63, 3.8) is 0 Å². The van der Waals surface area contributed by atoms with Gasteiger partial charge < -0.3 is 9.84 Å². The average molecular weight is 212 g/mol. The van der Waals surface area contributed by atoms with Gasteiger partial charge in [-0.2, -0.15) is 0 Å². The normalized spacial score (nSPS) is 10.0. The summed E-state index contributed by atoms with van der Waals surface area (Å²) in [6.45, 7) is 0. The summed E-state index contributed by atoms with van der Waals surface area (Å²) in [6.07, 6.45) is 1.07. The van der Waals surface area contributed by atoms with Gasteiger partial charge in [0.1, 0.15) is 0 Å². The molecule has 0 saturated heterocycles. The number of rotatable bonds is 5. The molecule has 1 N–H and O–H groups in total. The van der Waals surface area contributed by atoms with Crippen LogP contribution in [0.1, 0.15) is 18.4 Å². The second-order valence-corrected chi connectivity index (χ2v) is 3.18. The van der Waals surface area contributed by atoms with E-state index in [-0.39, 0.29) is 12.2 Å². The van der Waals surface area contributed by atoms with Crippen molar-refractivity contribution in [1.82, 2.24) is 0 Å². The Kier molecular flexibility index (Phi) is 4.09. The van der Waals surface area contributed by atoms with E-state index in [1.807, 2.05) is 0 Å². The fourth-order valence-corrected chi connectivity index (χ4v) is 1.41. The number of benzene rings is 1. The molecule has 0 aromatic heterocycles. The van der Waals surface area contributed by atoms with E-state index < -0.39 is 11.8 Å². The van der Waals surface area contributed by atoms with Gasteiger partial charge in [0.25, 0.3) is 0 Å². The second-order valence-electron chi connectivity index (χ2n) is 3.18. The highest BCUT2D eigenvalue weighted by atomic mass is 19.1. The van der Waals surface area contributed by atoms with Crippen LogP contribution in [0.2, 0.25) is 0 Å². The zero-order valence-electron chi connectivity index (χ0n) is 8.50. The first-order valence-corrected chi connectivity index (χ1v) is 4.68. The van der Waals surface area contributed by atoms with Gasteiger partial charge in [0.05, 0.1) is 7.11 Å². The van der Waals surface area contributed by atoms with Crippen molar-refractivity contribution in [2.45, 2.75) is 19.3 Å². The zero-order valence-corrected chi connectivity index (χ0v) is 8.50. The smallest absolute Gasteiger partial charge is 0.303 e. The van der Waals surface area contributed by atoms with Crippen molar-refractivity contribution in [3.8, 4) is 5.75 Å². The minimum absolute atomic E-state index is 0.0830. The molecule has 0 unspecified atom stereocenters. The van der Waals surface area contributed by atoms with Crippen LogP contribution in [-0.4, -0.2) is 18.2 Å². The van der Waals surface area contributed by atoms with Gasteiger partial charge in [-0.05, 0) is 24.5 Å². The van der Waals surface area contributed by atoms with E-state index in [0.717, 1.165) is 0 Å². The van der Waals surface area contributed by atoms with Gasteiger partial charge in [-0.1, -0.05) is 12.1 Å². The summed E-state index contributed by atoms with van der Waals surface area (Å²) in [4.78, 5) is 10.3. The maximum Gasteiger partial charge on any atom is 0.303 e. The SMILES string of the molecule is COc1c(F)cccc1CCCC(=O)O. The predicted molar refractivity (Wildman–Crippen MR) is 53.5 cm³/mol. The Bertz CT molecular complexity index is 350. The molecule has 0 fully saturated rings. The third-order valence-electron chi connectivity index (χ3n) is 2.09. The molecule has 0 bridgehead atoms. The average Bonchev–Trinajstić information content (AvgIpc) is 2.17. The number of hydrogen-bond acceptors (Lipinski definition) is 2.